The number of ether oxygens (including phenoxy) is 1. The molecule has 4 heterocycles. The third-order valence-corrected chi connectivity index (χ3v) is 15.0. The van der Waals surface area contributed by atoms with Crippen LogP contribution in [0.3, 0.4) is 0 Å². The lowest BCUT2D eigenvalue weighted by Gasteiger charge is -2.45. The molecule has 0 spiro atoms. The predicted octanol–water partition coefficient (Wildman–Crippen LogP) is 5.44. The molecule has 2 aliphatic heterocycles. The SMILES string of the molecule is Cc1csc(-c2cc(O[C@@H]3C[C@H]4C(=O)N[C@]5(C(=O)NS(=O)(=O)C6(C)CC6)C[C@H]5C=CCC[C@@H](C)C[C@@H](C)[C@H](N(C(=O)O)C(C)(C)C(F)(F)F)C(=O)N4C3)ccn2)n1. The van der Waals surface area contributed by atoms with Crippen LogP contribution < -0.4 is 14.8 Å². The molecule has 1 saturated heterocycles. The van der Waals surface area contributed by atoms with Gasteiger partial charge in [-0.25, -0.2) is 18.2 Å². The number of amides is 4. The Hall–Kier alpha value is -4.26. The van der Waals surface area contributed by atoms with Crippen molar-refractivity contribution in [2.75, 3.05) is 6.54 Å². The van der Waals surface area contributed by atoms with E-state index in [1.54, 1.807) is 18.2 Å². The molecular weight excluding hydrogens is 790 g/mol. The summed E-state index contributed by atoms with van der Waals surface area (Å²) >= 11 is 1.37. The number of carbonyl (C=O) groups excluding carboxylic acids is 3. The number of alkyl halides is 3. The van der Waals surface area contributed by atoms with Crippen LogP contribution in [0.1, 0.15) is 85.3 Å². The van der Waals surface area contributed by atoms with E-state index in [-0.39, 0.29) is 36.6 Å². The highest BCUT2D eigenvalue weighted by atomic mass is 32.2. The first kappa shape index (κ1) is 42.3. The van der Waals surface area contributed by atoms with Crippen LogP contribution in [0.15, 0.2) is 35.9 Å². The van der Waals surface area contributed by atoms with Gasteiger partial charge in [0, 0.05) is 35.7 Å². The monoisotopic (exact) mass is 838 g/mol. The van der Waals surface area contributed by atoms with Crippen molar-refractivity contribution in [2.24, 2.45) is 17.8 Å². The first-order chi connectivity index (χ1) is 26.5. The number of halogens is 3. The van der Waals surface area contributed by atoms with Crippen molar-refractivity contribution in [1.29, 1.82) is 0 Å². The number of aryl methyl sites for hydroxylation is 1. The number of carbonyl (C=O) groups is 4. The summed E-state index contributed by atoms with van der Waals surface area (Å²) in [6.45, 7) is 7.80. The van der Waals surface area contributed by atoms with E-state index >= 15 is 0 Å². The highest BCUT2D eigenvalue weighted by Gasteiger charge is 2.64. The van der Waals surface area contributed by atoms with E-state index < -0.39 is 85.9 Å². The van der Waals surface area contributed by atoms with Gasteiger partial charge in [-0.1, -0.05) is 26.0 Å². The molecule has 2 aromatic heterocycles. The van der Waals surface area contributed by atoms with Crippen molar-refractivity contribution in [2.45, 2.75) is 127 Å². The zero-order valence-corrected chi connectivity index (χ0v) is 34.3. The second-order valence-electron chi connectivity index (χ2n) is 16.8. The van der Waals surface area contributed by atoms with Gasteiger partial charge < -0.3 is 20.1 Å². The Morgan fingerprint density at radius 2 is 1.88 bits per heavy atom. The molecule has 0 unspecified atom stereocenters. The number of nitrogens with one attached hydrogen (secondary N) is 2. The fourth-order valence-corrected chi connectivity index (χ4v) is 9.93. The lowest BCUT2D eigenvalue weighted by atomic mass is 9.85. The van der Waals surface area contributed by atoms with Crippen LogP contribution in [0.25, 0.3) is 10.7 Å². The molecule has 4 amide bonds. The summed E-state index contributed by atoms with van der Waals surface area (Å²) in [4.78, 5) is 66.2. The predicted molar refractivity (Wildman–Crippen MR) is 203 cm³/mol. The lowest BCUT2D eigenvalue weighted by Crippen LogP contribution is -2.66. The molecule has 312 valence electrons. The van der Waals surface area contributed by atoms with Gasteiger partial charge in [0.1, 0.15) is 45.7 Å². The summed E-state index contributed by atoms with van der Waals surface area (Å²) in [6, 6.07) is -0.137. The number of thiazole rings is 1. The molecule has 0 aromatic carbocycles. The number of pyridine rings is 1. The summed E-state index contributed by atoms with van der Waals surface area (Å²) < 4.78 is 77.7. The molecule has 0 radical (unpaired) electrons. The van der Waals surface area contributed by atoms with E-state index in [1.807, 2.05) is 25.3 Å². The minimum absolute atomic E-state index is 0.0612. The minimum atomic E-state index is -5.08. The maximum absolute atomic E-state index is 14.9. The van der Waals surface area contributed by atoms with E-state index in [2.05, 4.69) is 20.0 Å². The topological polar surface area (TPSA) is 188 Å². The number of sulfonamides is 1. The number of carboxylic acid groups (broad SMARTS) is 1. The second kappa shape index (κ2) is 15.2. The quantitative estimate of drug-likeness (QED) is 0.289. The van der Waals surface area contributed by atoms with Gasteiger partial charge in [0.25, 0.3) is 5.91 Å². The van der Waals surface area contributed by atoms with Crippen LogP contribution in [0.4, 0.5) is 18.0 Å². The summed E-state index contributed by atoms with van der Waals surface area (Å²) in [6.07, 6.45) is -1.17. The third kappa shape index (κ3) is 8.36. The fraction of sp³-hybridized carbons (Fsp3) is 0.632. The summed E-state index contributed by atoms with van der Waals surface area (Å²) in [5.74, 6) is -4.23. The average Bonchev–Trinajstić information content (AvgIpc) is 3.91. The van der Waals surface area contributed by atoms with E-state index in [4.69, 9.17) is 4.74 Å². The third-order valence-electron chi connectivity index (χ3n) is 11.9. The maximum atomic E-state index is 14.9. The van der Waals surface area contributed by atoms with Crippen molar-refractivity contribution in [1.82, 2.24) is 29.8 Å². The van der Waals surface area contributed by atoms with Crippen LogP contribution >= 0.6 is 11.3 Å². The first-order valence-corrected chi connectivity index (χ1v) is 21.4. The minimum Gasteiger partial charge on any atom is -0.488 e. The average molecular weight is 839 g/mol. The number of fused-ring (bicyclic) bond motifs is 2. The van der Waals surface area contributed by atoms with Gasteiger partial charge in [-0.15, -0.1) is 11.3 Å². The Morgan fingerprint density at radius 3 is 2.49 bits per heavy atom. The maximum Gasteiger partial charge on any atom is 0.411 e. The molecule has 14 nitrogen and oxygen atoms in total. The van der Waals surface area contributed by atoms with Crippen LogP contribution in [0.2, 0.25) is 0 Å². The highest BCUT2D eigenvalue weighted by Crippen LogP contribution is 2.48. The van der Waals surface area contributed by atoms with Crippen molar-refractivity contribution < 1.29 is 50.6 Å². The van der Waals surface area contributed by atoms with Gasteiger partial charge in [-0.3, -0.25) is 29.0 Å². The molecule has 2 aromatic rings. The zero-order valence-electron chi connectivity index (χ0n) is 32.6. The Balaban J connectivity index is 1.40. The largest absolute Gasteiger partial charge is 0.488 e. The van der Waals surface area contributed by atoms with Crippen molar-refractivity contribution in [3.63, 3.8) is 0 Å². The number of allylic oxidation sites excluding steroid dienone is 1. The number of rotatable bonds is 8. The number of hydrogen-bond donors (Lipinski definition) is 3. The molecule has 2 saturated carbocycles. The molecule has 0 bridgehead atoms. The van der Waals surface area contributed by atoms with E-state index in [0.29, 0.717) is 56.0 Å². The van der Waals surface area contributed by atoms with Gasteiger partial charge in [0.05, 0.1) is 11.3 Å². The van der Waals surface area contributed by atoms with Gasteiger partial charge >= 0.3 is 12.3 Å². The Bertz CT molecular complexity index is 2050. The normalized spacial score (nSPS) is 29.2. The van der Waals surface area contributed by atoms with Gasteiger partial charge in [-0.05, 0) is 84.1 Å². The molecule has 19 heteroatoms. The Morgan fingerprint density at radius 1 is 1.18 bits per heavy atom. The Kier molecular flexibility index (Phi) is 11.3. The van der Waals surface area contributed by atoms with E-state index in [1.165, 1.54) is 31.4 Å². The number of nitrogens with zero attached hydrogens (tertiary/aromatic N) is 4. The Labute approximate surface area is 333 Å². The highest BCUT2D eigenvalue weighted by molar-refractivity contribution is 7.91. The fourth-order valence-electron chi connectivity index (χ4n) is 7.85. The van der Waals surface area contributed by atoms with Crippen molar-refractivity contribution >= 4 is 45.2 Å². The molecule has 6 rings (SSSR count). The standard InChI is InChI=1S/C38H49F3N6O8S2/c1-21-9-7-8-10-24-18-37(24,33(50)45-57(53,54)36(6)12-13-36)44-30(48)28-17-26(55-25-11-14-42-27(16-25)31-43-23(3)20-56-31)19-46(28)32(49)29(22(2)15-21)47(34(51)52)35(4,5)38(39,40)41/h8,10-11,14,16,20-22,24,26,28-29H,7,9,12-13,15,17-19H2,1-6H3,(H,44,48)(H,45,50)(H,51,52)/t21-,22-,24-,26-,28+,29+,37-/m1/s1. The lowest BCUT2D eigenvalue weighted by molar-refractivity contribution is -0.222. The second-order valence-corrected chi connectivity index (χ2v) is 19.8. The van der Waals surface area contributed by atoms with Crippen molar-refractivity contribution in [3.8, 4) is 16.5 Å². The van der Waals surface area contributed by atoms with Gasteiger partial charge in [-0.2, -0.15) is 13.2 Å². The molecular formula is C38H49F3N6O8S2. The molecule has 4 aliphatic rings. The molecule has 3 fully saturated rings. The summed E-state index contributed by atoms with van der Waals surface area (Å²) in [5, 5.41) is 15.6. The summed E-state index contributed by atoms with van der Waals surface area (Å²) in [5.41, 5.74) is -3.44. The zero-order chi connectivity index (χ0) is 41.9. The first-order valence-electron chi connectivity index (χ1n) is 19.0. The number of aromatic nitrogens is 2. The van der Waals surface area contributed by atoms with Crippen LogP contribution in [0.5, 0.6) is 5.75 Å². The van der Waals surface area contributed by atoms with Crippen LogP contribution in [-0.2, 0) is 24.4 Å². The van der Waals surface area contributed by atoms with Gasteiger partial charge in [0.15, 0.2) is 0 Å². The van der Waals surface area contributed by atoms with E-state index in [0.717, 1.165) is 10.6 Å². The number of hydrogen-bond acceptors (Lipinski definition) is 10. The van der Waals surface area contributed by atoms with E-state index in [9.17, 15) is 45.9 Å². The molecule has 57 heavy (non-hydrogen) atoms. The van der Waals surface area contributed by atoms with Crippen LogP contribution in [0, 0.1) is 24.7 Å². The van der Waals surface area contributed by atoms with Crippen LogP contribution in [-0.4, -0.2) is 104 Å². The van der Waals surface area contributed by atoms with Crippen molar-refractivity contribution in [3.05, 3.63) is 41.6 Å². The van der Waals surface area contributed by atoms with Gasteiger partial charge in [0.2, 0.25) is 21.8 Å². The smallest absolute Gasteiger partial charge is 0.411 e. The summed E-state index contributed by atoms with van der Waals surface area (Å²) in [7, 11) is -4.11. The molecule has 3 N–H and O–H groups in total. The molecule has 2 aliphatic carbocycles. The molecule has 7 atom stereocenters.